The first-order valence-corrected chi connectivity index (χ1v) is 15.3. The molecule has 5 aromatic rings. The molecule has 1 nitrogen and oxygen atoms in total. The maximum Gasteiger partial charge on any atom is 0.432 e. The molecule has 0 heterocycles. The van der Waals surface area contributed by atoms with Crippen LogP contribution in [0.5, 0.6) is 5.75 Å². The van der Waals surface area contributed by atoms with Crippen LogP contribution in [0.2, 0.25) is 0 Å². The lowest BCUT2D eigenvalue weighted by molar-refractivity contribution is -0.189. The van der Waals surface area contributed by atoms with Crippen LogP contribution in [0, 0.1) is 34.9 Å². The maximum absolute atomic E-state index is 15.2. The average molecular weight is 709 g/mol. The van der Waals surface area contributed by atoms with Gasteiger partial charge in [0.25, 0.3) is 0 Å². The molecule has 0 aliphatic carbocycles. The van der Waals surface area contributed by atoms with E-state index in [1.54, 1.807) is 0 Å². The minimum atomic E-state index is -4.75. The smallest absolute Gasteiger partial charge is 0.429 e. The Morgan fingerprint density at radius 2 is 1.00 bits per heavy atom. The van der Waals surface area contributed by atoms with Gasteiger partial charge in [-0.1, -0.05) is 56.2 Å². The molecule has 0 aliphatic heterocycles. The van der Waals surface area contributed by atoms with Gasteiger partial charge in [-0.15, -0.1) is 0 Å². The fraction of sp³-hybridized carbons (Fsp3) is 0.211. The molecular weight excluding hydrogens is 681 g/mol. The molecule has 0 N–H and O–H groups in total. The van der Waals surface area contributed by atoms with Crippen LogP contribution in [-0.4, -0.2) is 6.67 Å². The standard InChI is InChI=1S/C38H27F11O/c1-2-3-4-5-21-6-8-22(9-7-21)23-10-12-27(29(40)14-23)25-17-33(44)36(34(45)18-25)38(48,49)50-26-11-13-28(30(41)19-26)24-15-31(42)35(32(43)16-24)37(46,47)20-39/h6-19H,2-5,20H2,1H3. The van der Waals surface area contributed by atoms with Crippen LogP contribution in [0.4, 0.5) is 48.3 Å². The van der Waals surface area contributed by atoms with Crippen LogP contribution in [0.1, 0.15) is 42.9 Å². The number of halogens is 11. The Hall–Kier alpha value is -4.87. The third-order valence-electron chi connectivity index (χ3n) is 8.04. The zero-order valence-corrected chi connectivity index (χ0v) is 26.2. The zero-order valence-electron chi connectivity index (χ0n) is 26.2. The summed E-state index contributed by atoms with van der Waals surface area (Å²) in [7, 11) is 0. The van der Waals surface area contributed by atoms with Gasteiger partial charge in [-0.2, -0.15) is 17.6 Å². The van der Waals surface area contributed by atoms with E-state index < -0.39 is 81.6 Å². The first kappa shape index (κ1) is 36.4. The van der Waals surface area contributed by atoms with Crippen LogP contribution >= 0.6 is 0 Å². The summed E-state index contributed by atoms with van der Waals surface area (Å²) < 4.78 is 163. The molecule has 0 amide bonds. The highest BCUT2D eigenvalue weighted by Crippen LogP contribution is 2.40. The second-order valence-corrected chi connectivity index (χ2v) is 11.6. The van der Waals surface area contributed by atoms with Gasteiger partial charge >= 0.3 is 12.0 Å². The highest BCUT2D eigenvalue weighted by molar-refractivity contribution is 5.72. The summed E-state index contributed by atoms with van der Waals surface area (Å²) in [6.07, 6.45) is -0.623. The number of alkyl halides is 5. The number of benzene rings is 5. The number of rotatable bonds is 12. The molecular formula is C38H27F11O. The van der Waals surface area contributed by atoms with Crippen molar-refractivity contribution in [2.24, 2.45) is 0 Å². The van der Waals surface area contributed by atoms with Crippen molar-refractivity contribution in [1.29, 1.82) is 0 Å². The summed E-state index contributed by atoms with van der Waals surface area (Å²) >= 11 is 0. The quantitative estimate of drug-likeness (QED) is 0.0926. The normalized spacial score (nSPS) is 12.0. The Morgan fingerprint density at radius 1 is 0.520 bits per heavy atom. The summed E-state index contributed by atoms with van der Waals surface area (Å²) in [5.41, 5.74) is -3.40. The third-order valence-corrected chi connectivity index (χ3v) is 8.04. The van der Waals surface area contributed by atoms with E-state index in [0.29, 0.717) is 53.6 Å². The lowest BCUT2D eigenvalue weighted by Gasteiger charge is -2.20. The zero-order chi connectivity index (χ0) is 36.4. The summed E-state index contributed by atoms with van der Waals surface area (Å²) in [6, 6.07) is 14.7. The fourth-order valence-corrected chi connectivity index (χ4v) is 5.52. The van der Waals surface area contributed by atoms with Gasteiger partial charge in [-0.25, -0.2) is 30.7 Å². The van der Waals surface area contributed by atoms with Crippen molar-refractivity contribution < 1.29 is 53.0 Å². The van der Waals surface area contributed by atoms with Crippen LogP contribution in [0.25, 0.3) is 33.4 Å². The predicted octanol–water partition coefficient (Wildman–Crippen LogP) is 12.4. The van der Waals surface area contributed by atoms with E-state index >= 15 is 22.0 Å². The first-order chi connectivity index (χ1) is 23.6. The topological polar surface area (TPSA) is 9.23 Å². The molecule has 12 heteroatoms. The number of hydrogen-bond acceptors (Lipinski definition) is 1. The number of unbranched alkanes of at least 4 members (excludes halogenated alkanes) is 2. The van der Waals surface area contributed by atoms with Crippen molar-refractivity contribution in [3.05, 3.63) is 137 Å². The first-order valence-electron chi connectivity index (χ1n) is 15.3. The van der Waals surface area contributed by atoms with E-state index in [4.69, 9.17) is 0 Å². The molecule has 0 unspecified atom stereocenters. The Kier molecular flexibility index (Phi) is 10.6. The second kappa shape index (κ2) is 14.5. The van der Waals surface area contributed by atoms with E-state index in [9.17, 15) is 26.3 Å². The molecule has 50 heavy (non-hydrogen) atoms. The number of aryl methyl sites for hydroxylation is 1. The molecule has 5 aromatic carbocycles. The van der Waals surface area contributed by atoms with Gasteiger partial charge in [-0.05, 0) is 83.1 Å². The molecule has 0 aromatic heterocycles. The van der Waals surface area contributed by atoms with E-state index in [0.717, 1.165) is 37.3 Å². The minimum Gasteiger partial charge on any atom is -0.429 e. The molecule has 0 atom stereocenters. The predicted molar refractivity (Wildman–Crippen MR) is 167 cm³/mol. The summed E-state index contributed by atoms with van der Waals surface area (Å²) in [6.45, 7) is -0.302. The van der Waals surface area contributed by atoms with Crippen molar-refractivity contribution in [3.8, 4) is 39.1 Å². The fourth-order valence-electron chi connectivity index (χ4n) is 5.52. The Bertz CT molecular complexity index is 1960. The lowest BCUT2D eigenvalue weighted by atomic mass is 9.97. The monoisotopic (exact) mass is 708 g/mol. The molecule has 0 saturated carbocycles. The summed E-state index contributed by atoms with van der Waals surface area (Å²) in [5, 5.41) is 0. The van der Waals surface area contributed by atoms with Crippen molar-refractivity contribution in [2.45, 2.75) is 44.6 Å². The Morgan fingerprint density at radius 3 is 1.50 bits per heavy atom. The van der Waals surface area contributed by atoms with E-state index in [-0.39, 0.29) is 11.1 Å². The van der Waals surface area contributed by atoms with E-state index in [2.05, 4.69) is 11.7 Å². The van der Waals surface area contributed by atoms with Crippen LogP contribution < -0.4 is 4.74 Å². The molecule has 0 bridgehead atoms. The molecule has 0 fully saturated rings. The maximum atomic E-state index is 15.2. The lowest BCUT2D eigenvalue weighted by Crippen LogP contribution is -2.25. The molecule has 0 spiro atoms. The van der Waals surface area contributed by atoms with Crippen molar-refractivity contribution >= 4 is 0 Å². The molecule has 0 radical (unpaired) electrons. The van der Waals surface area contributed by atoms with Crippen LogP contribution in [-0.2, 0) is 18.5 Å². The van der Waals surface area contributed by atoms with Gasteiger partial charge in [0, 0.05) is 17.2 Å². The van der Waals surface area contributed by atoms with Crippen LogP contribution in [0.15, 0.2) is 84.9 Å². The van der Waals surface area contributed by atoms with Gasteiger partial charge in [-0.3, -0.25) is 0 Å². The number of ether oxygens (including phenoxy) is 1. The Labute approximate surface area is 280 Å². The van der Waals surface area contributed by atoms with Crippen LogP contribution in [0.3, 0.4) is 0 Å². The molecule has 5 rings (SSSR count). The molecule has 0 saturated heterocycles. The van der Waals surface area contributed by atoms with Gasteiger partial charge in [0.2, 0.25) is 0 Å². The van der Waals surface area contributed by atoms with Crippen molar-refractivity contribution in [3.63, 3.8) is 0 Å². The third kappa shape index (κ3) is 7.64. The molecule has 0 aliphatic rings. The summed E-state index contributed by atoms with van der Waals surface area (Å²) in [5.74, 6) is -15.2. The second-order valence-electron chi connectivity index (χ2n) is 11.6. The van der Waals surface area contributed by atoms with Gasteiger partial charge in [0.05, 0.1) is 5.56 Å². The summed E-state index contributed by atoms with van der Waals surface area (Å²) in [4.78, 5) is 0. The van der Waals surface area contributed by atoms with Crippen molar-refractivity contribution in [1.82, 2.24) is 0 Å². The van der Waals surface area contributed by atoms with Gasteiger partial charge in [0.15, 0.2) is 6.67 Å². The average Bonchev–Trinajstić information content (AvgIpc) is 3.04. The van der Waals surface area contributed by atoms with Crippen molar-refractivity contribution in [2.75, 3.05) is 6.67 Å². The van der Waals surface area contributed by atoms with Gasteiger partial charge in [0.1, 0.15) is 46.2 Å². The van der Waals surface area contributed by atoms with Gasteiger partial charge < -0.3 is 4.74 Å². The highest BCUT2D eigenvalue weighted by atomic mass is 19.3. The SMILES string of the molecule is CCCCCc1ccc(-c2ccc(-c3cc(F)c(C(F)(F)Oc4ccc(-c5cc(F)c(C(F)(F)CF)c(F)c5)c(F)c4)c(F)c3)c(F)c2)cc1. The number of hydrogen-bond donors (Lipinski definition) is 0. The Balaban J connectivity index is 1.36. The largest absolute Gasteiger partial charge is 0.432 e. The van der Waals surface area contributed by atoms with E-state index in [1.165, 1.54) is 12.1 Å². The van der Waals surface area contributed by atoms with E-state index in [1.807, 2.05) is 24.3 Å². The highest BCUT2D eigenvalue weighted by Gasteiger charge is 2.42. The minimum absolute atomic E-state index is 0.273. The molecule has 262 valence electrons.